The summed E-state index contributed by atoms with van der Waals surface area (Å²) >= 11 is 3.99. The summed E-state index contributed by atoms with van der Waals surface area (Å²) in [7, 11) is 3.41. The van der Waals surface area contributed by atoms with Crippen molar-refractivity contribution < 1.29 is 9.47 Å². The zero-order valence-electron chi connectivity index (χ0n) is 20.5. The van der Waals surface area contributed by atoms with Gasteiger partial charge in [0.2, 0.25) is 0 Å². The average molecular weight is 477 g/mol. The Balaban J connectivity index is 1.89. The molecule has 6 heteroatoms. The van der Waals surface area contributed by atoms with Crippen molar-refractivity contribution in [1.29, 1.82) is 0 Å². The highest BCUT2D eigenvalue weighted by molar-refractivity contribution is 8.00. The van der Waals surface area contributed by atoms with E-state index in [0.29, 0.717) is 6.54 Å². The molecule has 2 aromatic rings. The molecule has 0 atom stereocenters. The third-order valence-corrected chi connectivity index (χ3v) is 8.01. The van der Waals surface area contributed by atoms with E-state index >= 15 is 0 Å². The van der Waals surface area contributed by atoms with Crippen molar-refractivity contribution in [2.24, 2.45) is 5.73 Å². The molecular formula is C26H40N2O2S2. The van der Waals surface area contributed by atoms with Gasteiger partial charge < -0.3 is 15.2 Å². The van der Waals surface area contributed by atoms with E-state index in [2.05, 4.69) is 56.9 Å². The van der Waals surface area contributed by atoms with E-state index in [1.807, 2.05) is 47.8 Å². The first kappa shape index (κ1) is 26.9. The maximum Gasteiger partial charge on any atom is 0.118 e. The highest BCUT2D eigenvalue weighted by Crippen LogP contribution is 2.33. The van der Waals surface area contributed by atoms with Gasteiger partial charge in [0.05, 0.1) is 14.2 Å². The van der Waals surface area contributed by atoms with Crippen molar-refractivity contribution in [3.8, 4) is 11.5 Å². The molecule has 178 valence electrons. The predicted octanol–water partition coefficient (Wildman–Crippen LogP) is 5.69. The summed E-state index contributed by atoms with van der Waals surface area (Å²) in [4.78, 5) is 2.53. The molecule has 0 saturated heterocycles. The number of thioether (sulfide) groups is 2. The molecule has 4 nitrogen and oxygen atoms in total. The fourth-order valence-corrected chi connectivity index (χ4v) is 5.61. The Morgan fingerprint density at radius 3 is 1.41 bits per heavy atom. The SMILES string of the molecule is COc1ccc(CSC(C)(C)CN(CCN)CC(C)(C)SCc2ccc(OC)cc2)cc1. The van der Waals surface area contributed by atoms with Gasteiger partial charge in [-0.2, -0.15) is 0 Å². The molecule has 0 saturated carbocycles. The second-order valence-corrected chi connectivity index (χ2v) is 12.7. The number of benzene rings is 2. The van der Waals surface area contributed by atoms with E-state index in [4.69, 9.17) is 15.2 Å². The second kappa shape index (κ2) is 12.8. The van der Waals surface area contributed by atoms with Crippen LogP contribution in [-0.4, -0.2) is 54.8 Å². The lowest BCUT2D eigenvalue weighted by Crippen LogP contribution is -2.45. The molecule has 0 aliphatic heterocycles. The van der Waals surface area contributed by atoms with Gasteiger partial charge in [0, 0.05) is 47.2 Å². The Kier molecular flexibility index (Phi) is 10.7. The van der Waals surface area contributed by atoms with Crippen LogP contribution in [0, 0.1) is 0 Å². The van der Waals surface area contributed by atoms with Gasteiger partial charge in [-0.1, -0.05) is 24.3 Å². The monoisotopic (exact) mass is 476 g/mol. The summed E-state index contributed by atoms with van der Waals surface area (Å²) in [6.07, 6.45) is 0. The summed E-state index contributed by atoms with van der Waals surface area (Å²) in [5.41, 5.74) is 8.62. The van der Waals surface area contributed by atoms with Crippen LogP contribution in [0.15, 0.2) is 48.5 Å². The smallest absolute Gasteiger partial charge is 0.118 e. The zero-order chi connectivity index (χ0) is 23.6. The third kappa shape index (κ3) is 9.65. The molecule has 0 bridgehead atoms. The zero-order valence-corrected chi connectivity index (χ0v) is 22.2. The maximum atomic E-state index is 5.97. The number of nitrogens with two attached hydrogens (primary N) is 1. The van der Waals surface area contributed by atoms with E-state index in [1.165, 1.54) is 11.1 Å². The van der Waals surface area contributed by atoms with Crippen molar-refractivity contribution in [3.05, 3.63) is 59.7 Å². The molecule has 2 N–H and O–H groups in total. The Morgan fingerprint density at radius 2 is 1.09 bits per heavy atom. The normalized spacial score (nSPS) is 12.2. The largest absolute Gasteiger partial charge is 0.497 e. The summed E-state index contributed by atoms with van der Waals surface area (Å²) < 4.78 is 10.8. The number of hydrogen-bond donors (Lipinski definition) is 1. The average Bonchev–Trinajstić information content (AvgIpc) is 2.77. The summed E-state index contributed by atoms with van der Waals surface area (Å²) in [6.45, 7) is 13.0. The Morgan fingerprint density at radius 1 is 0.719 bits per heavy atom. The lowest BCUT2D eigenvalue weighted by molar-refractivity contribution is 0.245. The van der Waals surface area contributed by atoms with Gasteiger partial charge in [0.1, 0.15) is 11.5 Å². The first-order chi connectivity index (χ1) is 15.2. The predicted molar refractivity (Wildman–Crippen MR) is 142 cm³/mol. The van der Waals surface area contributed by atoms with Crippen LogP contribution in [0.25, 0.3) is 0 Å². The maximum absolute atomic E-state index is 5.97. The number of ether oxygens (including phenoxy) is 2. The van der Waals surface area contributed by atoms with Gasteiger partial charge in [-0.15, -0.1) is 23.5 Å². The Hall–Kier alpha value is -1.34. The number of methoxy groups -OCH3 is 2. The molecule has 0 aliphatic carbocycles. The number of rotatable bonds is 14. The third-order valence-electron chi connectivity index (χ3n) is 5.23. The molecular weight excluding hydrogens is 436 g/mol. The molecule has 0 aromatic heterocycles. The van der Waals surface area contributed by atoms with Gasteiger partial charge in [-0.25, -0.2) is 0 Å². The highest BCUT2D eigenvalue weighted by atomic mass is 32.2. The summed E-state index contributed by atoms with van der Waals surface area (Å²) in [5.74, 6) is 3.79. The van der Waals surface area contributed by atoms with E-state index in [1.54, 1.807) is 14.2 Å². The van der Waals surface area contributed by atoms with Crippen molar-refractivity contribution in [2.75, 3.05) is 40.4 Å². The minimum atomic E-state index is 0.131. The van der Waals surface area contributed by atoms with Gasteiger partial charge in [0.25, 0.3) is 0 Å². The van der Waals surface area contributed by atoms with Crippen molar-refractivity contribution in [2.45, 2.75) is 48.7 Å². The molecule has 0 spiro atoms. The quantitative estimate of drug-likeness (QED) is 0.378. The first-order valence-electron chi connectivity index (χ1n) is 11.1. The molecule has 0 aliphatic rings. The fourth-order valence-electron chi connectivity index (χ4n) is 3.57. The van der Waals surface area contributed by atoms with Gasteiger partial charge >= 0.3 is 0 Å². The summed E-state index contributed by atoms with van der Waals surface area (Å²) in [6, 6.07) is 16.7. The summed E-state index contributed by atoms with van der Waals surface area (Å²) in [5, 5.41) is 0. The van der Waals surface area contributed by atoms with Crippen LogP contribution in [0.1, 0.15) is 38.8 Å². The topological polar surface area (TPSA) is 47.7 Å². The Labute approximate surface area is 203 Å². The number of nitrogens with zero attached hydrogens (tertiary/aromatic N) is 1. The van der Waals surface area contributed by atoms with Crippen LogP contribution in [0.3, 0.4) is 0 Å². The molecule has 0 unspecified atom stereocenters. The van der Waals surface area contributed by atoms with Crippen LogP contribution in [0.4, 0.5) is 0 Å². The van der Waals surface area contributed by atoms with Crippen LogP contribution in [0.5, 0.6) is 11.5 Å². The molecule has 2 aromatic carbocycles. The Bertz CT molecular complexity index is 727. The standard InChI is InChI=1S/C26H40N2O2S2/c1-25(2,31-17-21-7-11-23(29-5)12-8-21)19-28(16-15-27)20-26(3,4)32-18-22-9-13-24(30-6)14-10-22/h7-14H,15-20,27H2,1-6H3. The van der Waals surface area contributed by atoms with Crippen LogP contribution < -0.4 is 15.2 Å². The number of hydrogen-bond acceptors (Lipinski definition) is 6. The van der Waals surface area contributed by atoms with E-state index in [0.717, 1.165) is 42.6 Å². The van der Waals surface area contributed by atoms with Crippen LogP contribution in [0.2, 0.25) is 0 Å². The second-order valence-electron chi connectivity index (χ2n) is 9.29. The molecule has 2 rings (SSSR count). The lowest BCUT2D eigenvalue weighted by atomic mass is 10.1. The van der Waals surface area contributed by atoms with Gasteiger partial charge in [-0.3, -0.25) is 4.90 Å². The molecule has 0 radical (unpaired) electrons. The fraction of sp³-hybridized carbons (Fsp3) is 0.538. The van der Waals surface area contributed by atoms with Crippen LogP contribution in [-0.2, 0) is 11.5 Å². The highest BCUT2D eigenvalue weighted by Gasteiger charge is 2.27. The first-order valence-corrected chi connectivity index (χ1v) is 13.1. The van der Waals surface area contributed by atoms with Crippen molar-refractivity contribution >= 4 is 23.5 Å². The van der Waals surface area contributed by atoms with Gasteiger partial charge in [0.15, 0.2) is 0 Å². The minimum absolute atomic E-state index is 0.131. The van der Waals surface area contributed by atoms with Gasteiger partial charge in [-0.05, 0) is 63.1 Å². The van der Waals surface area contributed by atoms with Crippen LogP contribution >= 0.6 is 23.5 Å². The molecule has 32 heavy (non-hydrogen) atoms. The van der Waals surface area contributed by atoms with Crippen molar-refractivity contribution in [1.82, 2.24) is 4.90 Å². The minimum Gasteiger partial charge on any atom is -0.497 e. The van der Waals surface area contributed by atoms with Crippen molar-refractivity contribution in [3.63, 3.8) is 0 Å². The van der Waals surface area contributed by atoms with E-state index < -0.39 is 0 Å². The molecule has 0 amide bonds. The molecule has 0 fully saturated rings. The van der Waals surface area contributed by atoms with E-state index in [-0.39, 0.29) is 9.49 Å². The molecule has 0 heterocycles. The van der Waals surface area contributed by atoms with E-state index in [9.17, 15) is 0 Å². The lowest BCUT2D eigenvalue weighted by Gasteiger charge is -2.37.